The SMILES string of the molecule is CC(C)(C)c1cc(-c2cccc3c2-[n+]2[c-]n(-c4[c-]c(Oc5[c-]c6c(cc5)c5ccccc5n6-c5cc(C(C)(C)C)ccn5)ccc4)c4cccc(c42)-c2ccc([Si](c4ccccc4)(c4ccccc4)c4ccccc4)cc2-c2ccccc2-3)cc(C(C)(C)C)c1.[Pt]. The third-order valence-electron chi connectivity index (χ3n) is 18.4. The molecule has 448 valence electrons. The number of imidazole rings is 1. The summed E-state index contributed by atoms with van der Waals surface area (Å²) >= 11 is 0. The quantitative estimate of drug-likeness (QED) is 0.0625. The fourth-order valence-electron chi connectivity index (χ4n) is 13.8. The summed E-state index contributed by atoms with van der Waals surface area (Å²) in [6, 6.07) is 102. The number of rotatable bonds is 9. The number of ether oxygens (including phenoxy) is 1. The van der Waals surface area contributed by atoms with Crippen molar-refractivity contribution in [2.75, 3.05) is 0 Å². The Hall–Kier alpha value is -9.45. The van der Waals surface area contributed by atoms with Crippen molar-refractivity contribution in [1.29, 1.82) is 0 Å². The molecule has 14 aromatic rings. The first-order valence-corrected chi connectivity index (χ1v) is 33.4. The molecular weight excluding hydrogens is 1300 g/mol. The Kier molecular flexibility index (Phi) is 14.8. The second-order valence-corrected chi connectivity index (χ2v) is 31.0. The van der Waals surface area contributed by atoms with Gasteiger partial charge in [0.05, 0.1) is 16.7 Å². The maximum atomic E-state index is 6.91. The predicted molar refractivity (Wildman–Crippen MR) is 375 cm³/mol. The summed E-state index contributed by atoms with van der Waals surface area (Å²) in [4.78, 5) is 4.94. The third-order valence-corrected chi connectivity index (χ3v) is 23.2. The molecule has 91 heavy (non-hydrogen) atoms. The maximum absolute atomic E-state index is 6.91. The zero-order valence-corrected chi connectivity index (χ0v) is 56.1. The minimum absolute atomic E-state index is 0. The third kappa shape index (κ3) is 10.2. The maximum Gasteiger partial charge on any atom is 0.268 e. The van der Waals surface area contributed by atoms with Crippen LogP contribution in [0.1, 0.15) is 79.0 Å². The molecule has 1 aliphatic rings. The molecule has 0 saturated carbocycles. The molecule has 7 heteroatoms. The molecule has 0 bridgehead atoms. The normalized spacial score (nSPS) is 12.4. The van der Waals surface area contributed by atoms with Crippen molar-refractivity contribution in [2.45, 2.75) is 78.6 Å². The van der Waals surface area contributed by atoms with E-state index in [0.717, 1.165) is 83.4 Å². The Morgan fingerprint density at radius 2 is 0.945 bits per heavy atom. The van der Waals surface area contributed by atoms with E-state index < -0.39 is 8.07 Å². The van der Waals surface area contributed by atoms with Crippen LogP contribution in [0.25, 0.3) is 94.5 Å². The average molecular weight is 1370 g/mol. The van der Waals surface area contributed by atoms with Crippen molar-refractivity contribution in [3.8, 4) is 73.2 Å². The van der Waals surface area contributed by atoms with E-state index in [9.17, 15) is 0 Å². The molecule has 0 saturated heterocycles. The van der Waals surface area contributed by atoms with E-state index in [1.807, 2.05) is 18.3 Å². The van der Waals surface area contributed by atoms with E-state index in [4.69, 9.17) is 9.72 Å². The minimum atomic E-state index is -2.98. The summed E-state index contributed by atoms with van der Waals surface area (Å²) < 4.78 is 13.6. The van der Waals surface area contributed by atoms with E-state index in [-0.39, 0.29) is 37.3 Å². The molecule has 0 amide bonds. The van der Waals surface area contributed by atoms with Gasteiger partial charge in [-0.2, -0.15) is 18.2 Å². The van der Waals surface area contributed by atoms with E-state index in [1.54, 1.807) is 0 Å². The van der Waals surface area contributed by atoms with Gasteiger partial charge < -0.3 is 13.9 Å². The Balaban J connectivity index is 0.00000721. The summed E-state index contributed by atoms with van der Waals surface area (Å²) in [6.45, 7) is 20.6. The molecule has 0 fully saturated rings. The van der Waals surface area contributed by atoms with Gasteiger partial charge in [0.15, 0.2) is 8.07 Å². The van der Waals surface area contributed by atoms with Crippen LogP contribution in [0, 0.1) is 18.5 Å². The Morgan fingerprint density at radius 1 is 0.407 bits per heavy atom. The van der Waals surface area contributed by atoms with Gasteiger partial charge in [0.1, 0.15) is 5.82 Å². The summed E-state index contributed by atoms with van der Waals surface area (Å²) in [6.07, 6.45) is 5.98. The number of para-hydroxylation sites is 3. The number of pyridine rings is 1. The zero-order chi connectivity index (χ0) is 61.7. The molecular formula is C84H70N4OPtSi-2. The molecule has 15 rings (SSSR count). The number of aromatic nitrogens is 4. The van der Waals surface area contributed by atoms with Crippen LogP contribution in [0.2, 0.25) is 0 Å². The number of hydrogen-bond donors (Lipinski definition) is 0. The Morgan fingerprint density at radius 3 is 1.60 bits per heavy atom. The van der Waals surface area contributed by atoms with Crippen LogP contribution in [0.4, 0.5) is 0 Å². The van der Waals surface area contributed by atoms with E-state index in [1.165, 1.54) is 48.6 Å². The van der Waals surface area contributed by atoms with Crippen molar-refractivity contribution >= 4 is 61.7 Å². The van der Waals surface area contributed by atoms with Crippen molar-refractivity contribution in [3.63, 3.8) is 0 Å². The standard InChI is InChI=1S/C84H70N4OSi.Pt/c1-82(2,3)57-46-47-85-79(51-57)88-76-40-22-21-36-71(76)72-44-42-62(53-78(72)88)89-61-27-23-26-60(52-61)86-55-87-80-67(56-48-58(83(4,5)6)50-59(49-56)84(7,8)9)37-24-38-73(80)68-34-19-20-35-69(68)75-54-66(43-45-70(75)74-39-25-41-77(86)81(74)87)90(63-28-13-10-14-29-63,64-30-15-11-16-31-64)65-32-17-12-18-33-65;/h10-51,54H,1-9H3;/q-2;. The number of benzene rings is 11. The second-order valence-electron chi connectivity index (χ2n) is 27.2. The topological polar surface area (TPSA) is 35.9 Å². The van der Waals surface area contributed by atoms with Gasteiger partial charge in [0.2, 0.25) is 0 Å². The predicted octanol–water partition coefficient (Wildman–Crippen LogP) is 17.8. The van der Waals surface area contributed by atoms with Gasteiger partial charge in [-0.25, -0.2) is 4.98 Å². The second kappa shape index (κ2) is 22.8. The van der Waals surface area contributed by atoms with Crippen molar-refractivity contribution in [2.24, 2.45) is 0 Å². The van der Waals surface area contributed by atoms with Crippen molar-refractivity contribution in [1.82, 2.24) is 14.1 Å². The molecule has 0 spiro atoms. The van der Waals surface area contributed by atoms with Crippen LogP contribution in [-0.2, 0) is 37.3 Å². The number of nitrogens with zero attached hydrogens (tertiary/aromatic N) is 4. The first kappa shape index (κ1) is 59.2. The molecule has 0 N–H and O–H groups in total. The van der Waals surface area contributed by atoms with Gasteiger partial charge in [-0.3, -0.25) is 4.57 Å². The molecule has 11 aromatic carbocycles. The van der Waals surface area contributed by atoms with E-state index in [2.05, 4.69) is 337 Å². The monoisotopic (exact) mass is 1370 g/mol. The van der Waals surface area contributed by atoms with Gasteiger partial charge >= 0.3 is 0 Å². The van der Waals surface area contributed by atoms with Gasteiger partial charge in [0.25, 0.3) is 6.33 Å². The summed E-state index contributed by atoms with van der Waals surface area (Å²) in [7, 11) is -2.98. The van der Waals surface area contributed by atoms with E-state index in [0.29, 0.717) is 11.5 Å². The minimum Gasteiger partial charge on any atom is -0.510 e. The molecule has 4 heterocycles. The first-order chi connectivity index (χ1) is 43.5. The number of hydrogen-bond acceptors (Lipinski definition) is 2. The summed E-state index contributed by atoms with van der Waals surface area (Å²) in [5.41, 5.74) is 18.4. The van der Waals surface area contributed by atoms with Gasteiger partial charge in [-0.1, -0.05) is 274 Å². The van der Waals surface area contributed by atoms with Crippen molar-refractivity contribution < 1.29 is 30.4 Å². The molecule has 5 nitrogen and oxygen atoms in total. The van der Waals surface area contributed by atoms with Crippen molar-refractivity contribution in [3.05, 3.63) is 296 Å². The molecule has 0 radical (unpaired) electrons. The Labute approximate surface area is 550 Å². The largest absolute Gasteiger partial charge is 0.510 e. The zero-order valence-electron chi connectivity index (χ0n) is 52.8. The van der Waals surface area contributed by atoms with Crippen LogP contribution in [-0.4, -0.2) is 22.2 Å². The fraction of sp³-hybridized carbons (Fsp3) is 0.143. The molecule has 0 atom stereocenters. The van der Waals surface area contributed by atoms with Crippen LogP contribution in [0.3, 0.4) is 0 Å². The molecule has 0 unspecified atom stereocenters. The van der Waals surface area contributed by atoms with Crippen LogP contribution < -0.4 is 30.1 Å². The average Bonchev–Trinajstić information content (AvgIpc) is 1.71. The van der Waals surface area contributed by atoms with E-state index >= 15 is 0 Å². The van der Waals surface area contributed by atoms with Gasteiger partial charge in [-0.05, 0) is 127 Å². The first-order valence-electron chi connectivity index (χ1n) is 31.4. The summed E-state index contributed by atoms with van der Waals surface area (Å²) in [5, 5.41) is 7.50. The molecule has 3 aromatic heterocycles. The van der Waals surface area contributed by atoms with Gasteiger partial charge in [0, 0.05) is 44.3 Å². The summed E-state index contributed by atoms with van der Waals surface area (Å²) in [5.74, 6) is 1.97. The Bertz CT molecular complexity index is 4970. The smallest absolute Gasteiger partial charge is 0.268 e. The number of fused-ring (bicyclic) bond motifs is 10. The van der Waals surface area contributed by atoms with Gasteiger partial charge in [-0.15, -0.1) is 29.7 Å². The van der Waals surface area contributed by atoms with Crippen LogP contribution in [0.5, 0.6) is 11.5 Å². The fourth-order valence-corrected chi connectivity index (χ4v) is 18.5. The van der Waals surface area contributed by atoms with Crippen LogP contribution >= 0.6 is 0 Å². The molecule has 1 aliphatic heterocycles. The molecule has 0 aliphatic carbocycles. The van der Waals surface area contributed by atoms with Crippen LogP contribution in [0.15, 0.2) is 261 Å².